The molecule has 0 aliphatic heterocycles. The highest BCUT2D eigenvalue weighted by Crippen LogP contribution is 2.33. The molecule has 0 aromatic heterocycles. The van der Waals surface area contributed by atoms with Gasteiger partial charge in [0.15, 0.2) is 0 Å². The van der Waals surface area contributed by atoms with Crippen LogP contribution in [0.15, 0.2) is 18.2 Å². The molecule has 0 spiro atoms. The van der Waals surface area contributed by atoms with E-state index >= 15 is 0 Å². The van der Waals surface area contributed by atoms with Crippen molar-refractivity contribution in [1.82, 2.24) is 0 Å². The van der Waals surface area contributed by atoms with Gasteiger partial charge in [0.25, 0.3) is 0 Å². The van der Waals surface area contributed by atoms with Crippen LogP contribution in [-0.4, -0.2) is 0 Å². The van der Waals surface area contributed by atoms with Gasteiger partial charge in [-0.3, -0.25) is 0 Å². The predicted molar refractivity (Wildman–Crippen MR) is 54.7 cm³/mol. The highest BCUT2D eigenvalue weighted by atomic mass is 35.5. The third-order valence-corrected chi connectivity index (χ3v) is 2.95. The molecule has 0 aliphatic carbocycles. The van der Waals surface area contributed by atoms with Gasteiger partial charge in [-0.25, -0.2) is 4.39 Å². The summed E-state index contributed by atoms with van der Waals surface area (Å²) in [6.07, 6.45) is 0.941. The average molecular weight is 201 g/mol. The van der Waals surface area contributed by atoms with Crippen LogP contribution in [-0.2, 0) is 5.41 Å². The molecule has 0 nitrogen and oxygen atoms in total. The van der Waals surface area contributed by atoms with E-state index in [1.807, 2.05) is 6.07 Å². The van der Waals surface area contributed by atoms with E-state index in [1.54, 1.807) is 6.07 Å². The van der Waals surface area contributed by atoms with Gasteiger partial charge >= 0.3 is 0 Å². The molecule has 2 heteroatoms. The van der Waals surface area contributed by atoms with Crippen LogP contribution >= 0.6 is 11.6 Å². The van der Waals surface area contributed by atoms with Crippen LogP contribution in [0.4, 0.5) is 4.39 Å². The van der Waals surface area contributed by atoms with E-state index in [0.29, 0.717) is 0 Å². The van der Waals surface area contributed by atoms with E-state index in [2.05, 4.69) is 20.8 Å². The molecule has 0 atom stereocenters. The van der Waals surface area contributed by atoms with Gasteiger partial charge in [-0.2, -0.15) is 0 Å². The second kappa shape index (κ2) is 3.67. The minimum atomic E-state index is -0.333. The van der Waals surface area contributed by atoms with Crippen molar-refractivity contribution in [1.29, 1.82) is 0 Å². The topological polar surface area (TPSA) is 0 Å². The largest absolute Gasteiger partial charge is 0.205 e. The number of benzene rings is 1. The van der Waals surface area contributed by atoms with Crippen LogP contribution in [0.3, 0.4) is 0 Å². The lowest BCUT2D eigenvalue weighted by Gasteiger charge is -2.24. The summed E-state index contributed by atoms with van der Waals surface area (Å²) in [4.78, 5) is 0. The maximum Gasteiger partial charge on any atom is 0.142 e. The zero-order valence-corrected chi connectivity index (χ0v) is 8.95. The summed E-state index contributed by atoms with van der Waals surface area (Å²) in [7, 11) is 0. The Labute approximate surface area is 83.7 Å². The van der Waals surface area contributed by atoms with Gasteiger partial charge in [-0.15, -0.1) is 0 Å². The quantitative estimate of drug-likeness (QED) is 0.672. The highest BCUT2D eigenvalue weighted by molar-refractivity contribution is 6.31. The van der Waals surface area contributed by atoms with Gasteiger partial charge in [0.05, 0.1) is 5.02 Å². The van der Waals surface area contributed by atoms with Gasteiger partial charge in [0.1, 0.15) is 5.82 Å². The van der Waals surface area contributed by atoms with Gasteiger partial charge in [-0.1, -0.05) is 44.5 Å². The van der Waals surface area contributed by atoms with Crippen molar-refractivity contribution in [2.45, 2.75) is 32.6 Å². The van der Waals surface area contributed by atoms with E-state index in [0.717, 1.165) is 12.0 Å². The first-order valence-corrected chi connectivity index (χ1v) is 4.81. The molecule has 0 radical (unpaired) electrons. The summed E-state index contributed by atoms with van der Waals surface area (Å²) in [5.41, 5.74) is 0.829. The van der Waals surface area contributed by atoms with Crippen molar-refractivity contribution in [2.75, 3.05) is 0 Å². The van der Waals surface area contributed by atoms with E-state index in [9.17, 15) is 4.39 Å². The Balaban J connectivity index is 3.22. The number of halogens is 2. The van der Waals surface area contributed by atoms with Crippen LogP contribution in [0.5, 0.6) is 0 Å². The van der Waals surface area contributed by atoms with Crippen molar-refractivity contribution in [3.05, 3.63) is 34.6 Å². The fraction of sp³-hybridized carbons (Fsp3) is 0.455. The first kappa shape index (κ1) is 10.5. The average Bonchev–Trinajstić information content (AvgIpc) is 2.09. The molecule has 0 heterocycles. The number of hydrogen-bond donors (Lipinski definition) is 0. The molecular formula is C11H14ClF. The summed E-state index contributed by atoms with van der Waals surface area (Å²) in [6.45, 7) is 6.20. The summed E-state index contributed by atoms with van der Waals surface area (Å²) < 4.78 is 13.1. The normalized spacial score (nSPS) is 11.8. The second-order valence-corrected chi connectivity index (χ2v) is 4.22. The lowest BCUT2D eigenvalue weighted by atomic mass is 9.82. The number of hydrogen-bond acceptors (Lipinski definition) is 0. The Morgan fingerprint density at radius 3 is 2.54 bits per heavy atom. The first-order valence-electron chi connectivity index (χ1n) is 4.43. The summed E-state index contributed by atoms with van der Waals surface area (Å²) >= 11 is 5.88. The number of rotatable bonds is 2. The molecule has 0 aliphatic rings. The Kier molecular flexibility index (Phi) is 2.97. The lowest BCUT2D eigenvalue weighted by Crippen LogP contribution is -2.16. The van der Waals surface area contributed by atoms with Crippen LogP contribution in [0.1, 0.15) is 32.8 Å². The van der Waals surface area contributed by atoms with E-state index < -0.39 is 0 Å². The van der Waals surface area contributed by atoms with Crippen molar-refractivity contribution >= 4 is 11.6 Å². The first-order chi connectivity index (χ1) is 5.99. The molecule has 13 heavy (non-hydrogen) atoms. The van der Waals surface area contributed by atoms with Crippen molar-refractivity contribution < 1.29 is 4.39 Å². The molecule has 0 bridgehead atoms. The van der Waals surface area contributed by atoms with Crippen molar-refractivity contribution in [3.63, 3.8) is 0 Å². The van der Waals surface area contributed by atoms with E-state index in [1.165, 1.54) is 6.07 Å². The molecule has 0 saturated carbocycles. The summed E-state index contributed by atoms with van der Waals surface area (Å²) in [5.74, 6) is -0.333. The van der Waals surface area contributed by atoms with Gasteiger partial charge in [0.2, 0.25) is 0 Å². The molecule has 0 N–H and O–H groups in total. The molecule has 1 aromatic rings. The minimum Gasteiger partial charge on any atom is -0.205 e. The molecule has 0 amide bonds. The third-order valence-electron chi connectivity index (χ3n) is 2.56. The van der Waals surface area contributed by atoms with Gasteiger partial charge < -0.3 is 0 Å². The van der Waals surface area contributed by atoms with Crippen LogP contribution in [0, 0.1) is 5.82 Å². The fourth-order valence-corrected chi connectivity index (χ4v) is 1.60. The second-order valence-electron chi connectivity index (χ2n) is 3.84. The summed E-state index contributed by atoms with van der Waals surface area (Å²) in [6, 6.07) is 4.97. The van der Waals surface area contributed by atoms with E-state index in [4.69, 9.17) is 11.6 Å². The molecule has 0 fully saturated rings. The third kappa shape index (κ3) is 2.02. The molecule has 72 valence electrons. The van der Waals surface area contributed by atoms with Crippen molar-refractivity contribution in [2.24, 2.45) is 0 Å². The highest BCUT2D eigenvalue weighted by Gasteiger charge is 2.22. The standard InChI is InChI=1S/C11H14ClF/c1-4-11(2,3)8-6-5-7-9(13)10(8)12/h5-7H,4H2,1-3H3. The lowest BCUT2D eigenvalue weighted by molar-refractivity contribution is 0.501. The maximum atomic E-state index is 13.1. The van der Waals surface area contributed by atoms with Gasteiger partial charge in [-0.05, 0) is 23.5 Å². The van der Waals surface area contributed by atoms with Gasteiger partial charge in [0, 0.05) is 0 Å². The maximum absolute atomic E-state index is 13.1. The predicted octanol–water partition coefficient (Wildman–Crippen LogP) is 4.17. The van der Waals surface area contributed by atoms with E-state index in [-0.39, 0.29) is 16.3 Å². The zero-order valence-electron chi connectivity index (χ0n) is 8.20. The Morgan fingerprint density at radius 2 is 2.00 bits per heavy atom. The monoisotopic (exact) mass is 200 g/mol. The Hall–Kier alpha value is -0.560. The van der Waals surface area contributed by atoms with Crippen LogP contribution in [0.2, 0.25) is 5.02 Å². The fourth-order valence-electron chi connectivity index (χ4n) is 1.22. The smallest absolute Gasteiger partial charge is 0.142 e. The summed E-state index contributed by atoms with van der Waals surface area (Å²) in [5, 5.41) is 0.259. The Bertz CT molecular complexity index is 305. The molecule has 1 aromatic carbocycles. The van der Waals surface area contributed by atoms with Crippen LogP contribution in [0.25, 0.3) is 0 Å². The molecule has 0 saturated heterocycles. The Morgan fingerprint density at radius 1 is 1.38 bits per heavy atom. The zero-order chi connectivity index (χ0) is 10.1. The molecular weight excluding hydrogens is 187 g/mol. The molecule has 1 rings (SSSR count). The molecule has 0 unspecified atom stereocenters. The minimum absolute atomic E-state index is 0.0564. The van der Waals surface area contributed by atoms with Crippen molar-refractivity contribution in [3.8, 4) is 0 Å². The SMILES string of the molecule is CCC(C)(C)c1cccc(F)c1Cl. The van der Waals surface area contributed by atoms with Crippen LogP contribution < -0.4 is 0 Å².